The first-order valence-corrected chi connectivity index (χ1v) is 11.2. The number of benzene rings is 1. The number of pyridine rings is 1. The molecule has 172 valence electrons. The minimum Gasteiger partial charge on any atom is -0.469 e. The van der Waals surface area contributed by atoms with Crippen LogP contribution in [0.3, 0.4) is 0 Å². The third-order valence-electron chi connectivity index (χ3n) is 6.02. The summed E-state index contributed by atoms with van der Waals surface area (Å²) in [5.74, 6) is 1.49. The number of fused-ring (bicyclic) bond motifs is 1. The van der Waals surface area contributed by atoms with Gasteiger partial charge < -0.3 is 19.9 Å². The Balaban J connectivity index is 1.31. The first-order chi connectivity index (χ1) is 16.6. The number of hydrogen-bond donors (Lipinski definition) is 2. The molecule has 0 bridgehead atoms. The van der Waals surface area contributed by atoms with E-state index in [1.807, 2.05) is 73.8 Å². The van der Waals surface area contributed by atoms with E-state index in [0.717, 1.165) is 35.6 Å². The summed E-state index contributed by atoms with van der Waals surface area (Å²) >= 11 is 0. The van der Waals surface area contributed by atoms with Crippen molar-refractivity contribution in [2.45, 2.75) is 18.6 Å². The highest BCUT2D eigenvalue weighted by Gasteiger charge is 2.32. The molecule has 0 fully saturated rings. The lowest BCUT2D eigenvalue weighted by Crippen LogP contribution is -2.44. The number of ether oxygens (including phenoxy) is 1. The molecule has 5 rings (SSSR count). The maximum absolute atomic E-state index is 9.00. The minimum absolute atomic E-state index is 0.126. The summed E-state index contributed by atoms with van der Waals surface area (Å²) in [6, 6.07) is 11.8. The zero-order valence-corrected chi connectivity index (χ0v) is 19.1. The van der Waals surface area contributed by atoms with E-state index in [9.17, 15) is 0 Å². The minimum atomic E-state index is -0.189. The van der Waals surface area contributed by atoms with E-state index >= 15 is 0 Å². The monoisotopic (exact) mass is 454 g/mol. The summed E-state index contributed by atoms with van der Waals surface area (Å²) in [5, 5.41) is 20.4. The molecular formula is C25H26N8O. The summed E-state index contributed by atoms with van der Waals surface area (Å²) in [7, 11) is 3.88. The highest BCUT2D eigenvalue weighted by Crippen LogP contribution is 2.33. The first-order valence-electron chi connectivity index (χ1n) is 11.2. The Morgan fingerprint density at radius 2 is 2.06 bits per heavy atom. The molecule has 4 aromatic rings. The van der Waals surface area contributed by atoms with Crippen molar-refractivity contribution in [2.24, 2.45) is 14.1 Å². The van der Waals surface area contributed by atoms with Gasteiger partial charge in [-0.15, -0.1) is 0 Å². The van der Waals surface area contributed by atoms with Crippen LogP contribution in [0.25, 0.3) is 11.1 Å². The largest absolute Gasteiger partial charge is 0.469 e. The van der Waals surface area contributed by atoms with Gasteiger partial charge in [-0.05, 0) is 36.7 Å². The highest BCUT2D eigenvalue weighted by molar-refractivity contribution is 5.69. The second-order valence-electron chi connectivity index (χ2n) is 8.40. The molecule has 0 aliphatic carbocycles. The van der Waals surface area contributed by atoms with Crippen molar-refractivity contribution in [3.05, 3.63) is 78.3 Å². The van der Waals surface area contributed by atoms with Crippen LogP contribution in [0.5, 0.6) is 5.88 Å². The average molecular weight is 455 g/mol. The predicted molar refractivity (Wildman–Crippen MR) is 128 cm³/mol. The maximum Gasteiger partial charge on any atom is 0.237 e. The van der Waals surface area contributed by atoms with Crippen molar-refractivity contribution in [3.63, 3.8) is 0 Å². The molecule has 1 aromatic carbocycles. The summed E-state index contributed by atoms with van der Waals surface area (Å²) in [5.41, 5.74) is 4.71. The van der Waals surface area contributed by atoms with Gasteiger partial charge in [0.15, 0.2) is 0 Å². The first kappa shape index (κ1) is 21.7. The van der Waals surface area contributed by atoms with Crippen molar-refractivity contribution in [3.8, 4) is 23.1 Å². The molecular weight excluding hydrogens is 428 g/mol. The third kappa shape index (κ3) is 4.49. The van der Waals surface area contributed by atoms with Crippen LogP contribution in [0.1, 0.15) is 23.0 Å². The van der Waals surface area contributed by atoms with Crippen LogP contribution in [-0.2, 0) is 20.5 Å². The molecule has 9 heteroatoms. The van der Waals surface area contributed by atoms with Gasteiger partial charge in [-0.2, -0.15) is 10.4 Å². The maximum atomic E-state index is 9.00. The van der Waals surface area contributed by atoms with Gasteiger partial charge in [-0.3, -0.25) is 4.68 Å². The van der Waals surface area contributed by atoms with Gasteiger partial charge in [0, 0.05) is 50.0 Å². The lowest BCUT2D eigenvalue weighted by atomic mass is 10.1. The van der Waals surface area contributed by atoms with E-state index in [4.69, 9.17) is 10.00 Å². The number of imidazole rings is 1. The predicted octanol–water partition coefficient (Wildman–Crippen LogP) is 2.83. The Morgan fingerprint density at radius 1 is 1.21 bits per heavy atom. The van der Waals surface area contributed by atoms with Crippen molar-refractivity contribution >= 4 is 5.69 Å². The van der Waals surface area contributed by atoms with Gasteiger partial charge in [0.2, 0.25) is 5.88 Å². The quantitative estimate of drug-likeness (QED) is 0.442. The van der Waals surface area contributed by atoms with Crippen LogP contribution >= 0.6 is 0 Å². The smallest absolute Gasteiger partial charge is 0.237 e. The number of hydrogen-bond acceptors (Lipinski definition) is 7. The molecule has 0 unspecified atom stereocenters. The van der Waals surface area contributed by atoms with Gasteiger partial charge in [0.05, 0.1) is 30.1 Å². The lowest BCUT2D eigenvalue weighted by molar-refractivity contribution is 0.145. The topological polar surface area (TPSA) is 106 Å². The molecule has 34 heavy (non-hydrogen) atoms. The standard InChI is InChI=1S/C25H26N8O/c1-32-10-9-28-24(32)23(27-8-7-17-3-5-18(12-26)6-4-17)22-15-29-21-11-19(13-30-25(21)34-22)20-14-31-33(2)16-20/h3-6,9-11,13-14,16,22-23,27,29H,7-8,15H2,1-2H3/t22-,23+/m1/s1. The molecule has 3 aromatic heterocycles. The van der Waals surface area contributed by atoms with E-state index in [-0.39, 0.29) is 12.1 Å². The fraction of sp³-hybridized carbons (Fsp3) is 0.280. The molecule has 2 atom stereocenters. The molecule has 0 radical (unpaired) electrons. The number of rotatable bonds is 7. The summed E-state index contributed by atoms with van der Waals surface area (Å²) < 4.78 is 10.1. The Bertz CT molecular complexity index is 1320. The highest BCUT2D eigenvalue weighted by atomic mass is 16.5. The Kier molecular flexibility index (Phi) is 5.97. The molecule has 2 N–H and O–H groups in total. The molecule has 1 aliphatic rings. The zero-order valence-electron chi connectivity index (χ0n) is 19.1. The van der Waals surface area contributed by atoms with Crippen LogP contribution in [0, 0.1) is 11.3 Å². The molecule has 9 nitrogen and oxygen atoms in total. The molecule has 1 aliphatic heterocycles. The van der Waals surface area contributed by atoms with E-state index < -0.39 is 0 Å². The van der Waals surface area contributed by atoms with Crippen LogP contribution < -0.4 is 15.4 Å². The summed E-state index contributed by atoms with van der Waals surface area (Å²) in [6.45, 7) is 1.36. The van der Waals surface area contributed by atoms with Crippen molar-refractivity contribution in [2.75, 3.05) is 18.4 Å². The van der Waals surface area contributed by atoms with Gasteiger partial charge in [-0.1, -0.05) is 12.1 Å². The van der Waals surface area contributed by atoms with Crippen molar-refractivity contribution in [1.82, 2.24) is 29.6 Å². The number of nitrogens with one attached hydrogen (secondary N) is 2. The van der Waals surface area contributed by atoms with E-state index in [1.54, 1.807) is 10.9 Å². The van der Waals surface area contributed by atoms with Crippen molar-refractivity contribution in [1.29, 1.82) is 5.26 Å². The zero-order chi connectivity index (χ0) is 23.5. The number of aromatic nitrogens is 5. The fourth-order valence-electron chi connectivity index (χ4n) is 4.17. The van der Waals surface area contributed by atoms with E-state index in [2.05, 4.69) is 31.8 Å². The second kappa shape index (κ2) is 9.37. The van der Waals surface area contributed by atoms with Crippen LogP contribution in [0.2, 0.25) is 0 Å². The Labute approximate surface area is 198 Å². The van der Waals surface area contributed by atoms with Gasteiger partial charge in [0.1, 0.15) is 18.0 Å². The number of nitrogens with zero attached hydrogens (tertiary/aromatic N) is 6. The lowest BCUT2D eigenvalue weighted by Gasteiger charge is -2.32. The Hall–Kier alpha value is -4.16. The van der Waals surface area contributed by atoms with Crippen LogP contribution in [0.15, 0.2) is 61.3 Å². The van der Waals surface area contributed by atoms with Crippen LogP contribution in [0.4, 0.5) is 5.69 Å². The summed E-state index contributed by atoms with van der Waals surface area (Å²) in [4.78, 5) is 9.16. The average Bonchev–Trinajstić information content (AvgIpc) is 3.49. The number of anilines is 1. The van der Waals surface area contributed by atoms with E-state index in [1.165, 1.54) is 5.56 Å². The molecule has 0 saturated heterocycles. The number of aryl methyl sites for hydroxylation is 2. The normalized spacial score (nSPS) is 15.6. The number of nitriles is 1. The Morgan fingerprint density at radius 3 is 2.76 bits per heavy atom. The van der Waals surface area contributed by atoms with E-state index in [0.29, 0.717) is 18.0 Å². The molecule has 0 saturated carbocycles. The molecule has 4 heterocycles. The fourth-order valence-corrected chi connectivity index (χ4v) is 4.17. The van der Waals surface area contributed by atoms with Crippen LogP contribution in [-0.4, -0.2) is 43.5 Å². The van der Waals surface area contributed by atoms with Crippen molar-refractivity contribution < 1.29 is 4.74 Å². The molecule has 0 amide bonds. The van der Waals surface area contributed by atoms with Gasteiger partial charge in [0.25, 0.3) is 0 Å². The van der Waals surface area contributed by atoms with Gasteiger partial charge >= 0.3 is 0 Å². The summed E-state index contributed by atoms with van der Waals surface area (Å²) in [6.07, 6.45) is 9.98. The SMILES string of the molecule is Cn1cc(-c2cnc3c(c2)NC[C@H]([C@H](NCCc2ccc(C#N)cc2)c2nccn2C)O3)cn1. The molecule has 0 spiro atoms. The third-order valence-corrected chi connectivity index (χ3v) is 6.02. The van der Waals surface area contributed by atoms with Gasteiger partial charge in [-0.25, -0.2) is 9.97 Å². The second-order valence-corrected chi connectivity index (χ2v) is 8.40.